The fourth-order valence-electron chi connectivity index (χ4n) is 3.17. The Hall–Kier alpha value is -3.44. The van der Waals surface area contributed by atoms with Crippen LogP contribution < -0.4 is 4.74 Å². The molecule has 1 N–H and O–H groups in total. The first-order chi connectivity index (χ1) is 13.8. The summed E-state index contributed by atoms with van der Waals surface area (Å²) in [5, 5.41) is 0.941. The number of para-hydroxylation sites is 3. The Morgan fingerprint density at radius 3 is 2.39 bits per heavy atom. The van der Waals surface area contributed by atoms with Crippen molar-refractivity contribution >= 4 is 44.2 Å². The number of aromatic amines is 1. The smallest absolute Gasteiger partial charge is 0.141 e. The molecule has 3 aromatic carbocycles. The highest BCUT2D eigenvalue weighted by Gasteiger charge is 2.15. The van der Waals surface area contributed by atoms with E-state index in [1.54, 1.807) is 18.4 Å². The van der Waals surface area contributed by atoms with Crippen LogP contribution in [-0.4, -0.2) is 22.1 Å². The zero-order valence-corrected chi connectivity index (χ0v) is 16.0. The second kappa shape index (κ2) is 6.94. The van der Waals surface area contributed by atoms with E-state index in [1.165, 1.54) is 0 Å². The van der Waals surface area contributed by atoms with Crippen LogP contribution in [0.5, 0.6) is 5.75 Å². The van der Waals surface area contributed by atoms with Gasteiger partial charge in [0.25, 0.3) is 0 Å². The lowest BCUT2D eigenvalue weighted by Gasteiger charge is -2.03. The highest BCUT2D eigenvalue weighted by atomic mass is 32.1. The molecule has 0 aliphatic carbocycles. The molecule has 0 unspecified atom stereocenters. The number of hydrogen-bond donors (Lipinski definition) is 1. The molecule has 5 heteroatoms. The zero-order chi connectivity index (χ0) is 18.9. The first kappa shape index (κ1) is 16.7. The number of rotatable bonds is 4. The maximum atomic E-state index is 5.27. The normalized spacial score (nSPS) is 12.0. The monoisotopic (exact) mass is 383 g/mol. The van der Waals surface area contributed by atoms with Gasteiger partial charge < -0.3 is 9.72 Å². The van der Waals surface area contributed by atoms with Crippen molar-refractivity contribution in [2.24, 2.45) is 0 Å². The Bertz CT molecular complexity index is 1160. The molecule has 0 saturated heterocycles. The van der Waals surface area contributed by atoms with Crippen LogP contribution in [0.1, 0.15) is 16.4 Å². The van der Waals surface area contributed by atoms with E-state index in [0.29, 0.717) is 0 Å². The lowest BCUT2D eigenvalue weighted by Crippen LogP contribution is -1.90. The highest BCUT2D eigenvalue weighted by Crippen LogP contribution is 2.32. The summed E-state index contributed by atoms with van der Waals surface area (Å²) in [6, 6.07) is 24.2. The number of ether oxygens (including phenoxy) is 1. The molecular weight excluding hydrogens is 366 g/mol. The Morgan fingerprint density at radius 2 is 1.64 bits per heavy atom. The molecule has 0 fully saturated rings. The van der Waals surface area contributed by atoms with E-state index in [9.17, 15) is 0 Å². The average Bonchev–Trinajstić information content (AvgIpc) is 3.36. The molecule has 5 rings (SSSR count). The maximum Gasteiger partial charge on any atom is 0.141 e. The highest BCUT2D eigenvalue weighted by molar-refractivity contribution is 7.19. The van der Waals surface area contributed by atoms with E-state index in [1.807, 2.05) is 66.7 Å². The molecule has 0 amide bonds. The van der Waals surface area contributed by atoms with Crippen LogP contribution in [0, 0.1) is 0 Å². The summed E-state index contributed by atoms with van der Waals surface area (Å²) in [4.78, 5) is 13.1. The minimum Gasteiger partial charge on any atom is -0.497 e. The summed E-state index contributed by atoms with van der Waals surface area (Å²) < 4.78 is 6.44. The molecule has 0 saturated carbocycles. The van der Waals surface area contributed by atoms with E-state index in [4.69, 9.17) is 14.7 Å². The quantitative estimate of drug-likeness (QED) is 0.429. The number of aromatic nitrogens is 3. The van der Waals surface area contributed by atoms with Gasteiger partial charge in [-0.25, -0.2) is 9.97 Å². The lowest BCUT2D eigenvalue weighted by atomic mass is 10.1. The summed E-state index contributed by atoms with van der Waals surface area (Å²) in [6.45, 7) is 0. The predicted molar refractivity (Wildman–Crippen MR) is 116 cm³/mol. The molecule has 0 aliphatic rings. The van der Waals surface area contributed by atoms with Crippen molar-refractivity contribution in [2.75, 3.05) is 7.11 Å². The fourth-order valence-corrected chi connectivity index (χ4v) is 4.15. The molecular formula is C23H17N3OS. The van der Waals surface area contributed by atoms with Crippen molar-refractivity contribution in [3.05, 3.63) is 89.2 Å². The van der Waals surface area contributed by atoms with Gasteiger partial charge in [-0.2, -0.15) is 0 Å². The number of benzene rings is 3. The van der Waals surface area contributed by atoms with E-state index in [2.05, 4.69) is 17.1 Å². The van der Waals surface area contributed by atoms with Crippen molar-refractivity contribution in [2.45, 2.75) is 0 Å². The summed E-state index contributed by atoms with van der Waals surface area (Å²) in [6.07, 6.45) is 2.12. The number of thiazole rings is 1. The average molecular weight is 383 g/mol. The molecule has 4 nitrogen and oxygen atoms in total. The van der Waals surface area contributed by atoms with Gasteiger partial charge in [-0.15, -0.1) is 11.3 Å². The Kier molecular flexibility index (Phi) is 4.14. The van der Waals surface area contributed by atoms with Gasteiger partial charge in [-0.1, -0.05) is 36.4 Å². The number of nitrogens with zero attached hydrogens (tertiary/aromatic N) is 2. The predicted octanol–water partition coefficient (Wildman–Crippen LogP) is 5.77. The van der Waals surface area contributed by atoms with Crippen LogP contribution >= 0.6 is 11.3 Å². The summed E-state index contributed by atoms with van der Waals surface area (Å²) in [5.74, 6) is 1.65. The molecule has 0 aliphatic heterocycles. The minimum absolute atomic E-state index is 0.816. The van der Waals surface area contributed by atoms with Crippen molar-refractivity contribution in [3.8, 4) is 5.75 Å². The van der Waals surface area contributed by atoms with Crippen LogP contribution in [0.15, 0.2) is 72.8 Å². The molecule has 0 atom stereocenters. The third-order valence-electron chi connectivity index (χ3n) is 4.60. The standard InChI is InChI=1S/C23H17N3OS/c1-27-16-12-10-15(11-13-16)14-17(22-24-18-6-2-3-7-19(18)25-22)23-26-20-8-4-5-9-21(20)28-23/h2-14H,1H3,(H,24,25)/b17-14+. The van der Waals surface area contributed by atoms with Gasteiger partial charge >= 0.3 is 0 Å². The lowest BCUT2D eigenvalue weighted by molar-refractivity contribution is 0.415. The number of imidazole rings is 1. The van der Waals surface area contributed by atoms with E-state index < -0.39 is 0 Å². The molecule has 0 bridgehead atoms. The van der Waals surface area contributed by atoms with Crippen LogP contribution in [0.4, 0.5) is 0 Å². The maximum absolute atomic E-state index is 5.27. The number of methoxy groups -OCH3 is 1. The van der Waals surface area contributed by atoms with Gasteiger partial charge in [0.05, 0.1) is 33.9 Å². The third kappa shape index (κ3) is 3.06. The number of nitrogens with one attached hydrogen (secondary N) is 1. The van der Waals surface area contributed by atoms with Crippen LogP contribution in [0.3, 0.4) is 0 Å². The number of H-pyrrole nitrogens is 1. The van der Waals surface area contributed by atoms with E-state index >= 15 is 0 Å². The second-order valence-corrected chi connectivity index (χ2v) is 7.45. The summed E-state index contributed by atoms with van der Waals surface area (Å²) in [5.41, 5.74) is 5.00. The molecule has 28 heavy (non-hydrogen) atoms. The summed E-state index contributed by atoms with van der Waals surface area (Å²) in [7, 11) is 1.67. The first-order valence-corrected chi connectivity index (χ1v) is 9.78. The van der Waals surface area contributed by atoms with E-state index in [0.717, 1.165) is 49.0 Å². The molecule has 2 aromatic heterocycles. The Morgan fingerprint density at radius 1 is 0.893 bits per heavy atom. The van der Waals surface area contributed by atoms with Gasteiger partial charge in [0.2, 0.25) is 0 Å². The number of fused-ring (bicyclic) bond motifs is 2. The van der Waals surface area contributed by atoms with Crippen LogP contribution in [-0.2, 0) is 0 Å². The van der Waals surface area contributed by atoms with Gasteiger partial charge in [-0.3, -0.25) is 0 Å². The number of hydrogen-bond acceptors (Lipinski definition) is 4. The van der Waals surface area contributed by atoms with Crippen molar-refractivity contribution in [1.29, 1.82) is 0 Å². The molecule has 136 valence electrons. The topological polar surface area (TPSA) is 50.8 Å². The molecule has 0 spiro atoms. The van der Waals surface area contributed by atoms with Gasteiger partial charge in [0.1, 0.15) is 16.6 Å². The van der Waals surface area contributed by atoms with Gasteiger partial charge in [-0.05, 0) is 48.0 Å². The van der Waals surface area contributed by atoms with Gasteiger partial charge in [0.15, 0.2) is 0 Å². The Labute approximate surface area is 166 Å². The fraction of sp³-hybridized carbons (Fsp3) is 0.0435. The first-order valence-electron chi connectivity index (χ1n) is 8.97. The largest absolute Gasteiger partial charge is 0.497 e. The SMILES string of the molecule is COc1ccc(/C=C(\c2nc3ccccc3[nH]2)c2nc3ccccc3s2)cc1. The van der Waals surface area contributed by atoms with Crippen LogP contribution in [0.25, 0.3) is 32.9 Å². The van der Waals surface area contributed by atoms with Gasteiger partial charge in [0, 0.05) is 0 Å². The Balaban J connectivity index is 1.69. The van der Waals surface area contributed by atoms with Crippen molar-refractivity contribution in [1.82, 2.24) is 15.0 Å². The third-order valence-corrected chi connectivity index (χ3v) is 5.67. The zero-order valence-electron chi connectivity index (χ0n) is 15.2. The molecule has 5 aromatic rings. The van der Waals surface area contributed by atoms with Crippen molar-refractivity contribution in [3.63, 3.8) is 0 Å². The van der Waals surface area contributed by atoms with Crippen molar-refractivity contribution < 1.29 is 4.74 Å². The van der Waals surface area contributed by atoms with Crippen LogP contribution in [0.2, 0.25) is 0 Å². The summed E-state index contributed by atoms with van der Waals surface area (Å²) >= 11 is 1.67. The van der Waals surface area contributed by atoms with E-state index in [-0.39, 0.29) is 0 Å². The molecule has 0 radical (unpaired) electrons. The molecule has 2 heterocycles. The minimum atomic E-state index is 0.816. The second-order valence-electron chi connectivity index (χ2n) is 6.42.